The minimum atomic E-state index is -0.0922. The molecule has 0 spiro atoms. The fourth-order valence-corrected chi connectivity index (χ4v) is 7.50. The van der Waals surface area contributed by atoms with Crippen LogP contribution >= 0.6 is 0 Å². The van der Waals surface area contributed by atoms with Gasteiger partial charge in [-0.1, -0.05) is 26.0 Å². The Balaban J connectivity index is 1.58. The Morgan fingerprint density at radius 3 is 2.54 bits per heavy atom. The number of carbonyl (C=O) groups excluding carboxylic acids is 1. The second kappa shape index (κ2) is 5.61. The van der Waals surface area contributed by atoms with Crippen LogP contribution in [0, 0.1) is 34.5 Å². The van der Waals surface area contributed by atoms with E-state index < -0.39 is 0 Å². The Morgan fingerprint density at radius 1 is 1.04 bits per heavy atom. The Bertz CT molecular complexity index is 552. The van der Waals surface area contributed by atoms with Gasteiger partial charge in [-0.15, -0.1) is 0 Å². The molecule has 2 heteroatoms. The summed E-state index contributed by atoms with van der Waals surface area (Å²) < 4.78 is 5.76. The quantitative estimate of drug-likeness (QED) is 0.467. The van der Waals surface area contributed by atoms with Crippen LogP contribution in [0.25, 0.3) is 0 Å². The highest BCUT2D eigenvalue weighted by atomic mass is 16.5. The summed E-state index contributed by atoms with van der Waals surface area (Å²) in [6.07, 6.45) is 11.8. The first kappa shape index (κ1) is 16.7. The molecule has 0 aromatic heterocycles. The van der Waals surface area contributed by atoms with Gasteiger partial charge in [-0.05, 0) is 86.9 Å². The maximum Gasteiger partial charge on any atom is 0.302 e. The second-order valence-electron chi connectivity index (χ2n) is 9.83. The van der Waals surface area contributed by atoms with Crippen molar-refractivity contribution in [3.63, 3.8) is 0 Å². The van der Waals surface area contributed by atoms with Crippen molar-refractivity contribution in [1.29, 1.82) is 0 Å². The van der Waals surface area contributed by atoms with Crippen molar-refractivity contribution in [3.05, 3.63) is 12.2 Å². The first-order valence-corrected chi connectivity index (χ1v) is 10.2. The second-order valence-corrected chi connectivity index (χ2v) is 9.83. The molecule has 4 aliphatic carbocycles. The lowest BCUT2D eigenvalue weighted by Gasteiger charge is -2.60. The largest absolute Gasteiger partial charge is 0.462 e. The number of carbonyl (C=O) groups is 1. The van der Waals surface area contributed by atoms with Gasteiger partial charge in [-0.25, -0.2) is 0 Å². The van der Waals surface area contributed by atoms with Crippen LogP contribution in [0.4, 0.5) is 0 Å². The van der Waals surface area contributed by atoms with E-state index in [-0.39, 0.29) is 17.5 Å². The van der Waals surface area contributed by atoms with Gasteiger partial charge in [-0.3, -0.25) is 4.79 Å². The fraction of sp³-hybridized carbons (Fsp3) is 0.864. The molecule has 7 atom stereocenters. The first-order valence-electron chi connectivity index (χ1n) is 10.2. The van der Waals surface area contributed by atoms with E-state index in [1.807, 2.05) is 0 Å². The molecule has 134 valence electrons. The fourth-order valence-electron chi connectivity index (χ4n) is 7.50. The Hall–Kier alpha value is -0.790. The van der Waals surface area contributed by atoms with Crippen molar-refractivity contribution < 1.29 is 9.53 Å². The van der Waals surface area contributed by atoms with Gasteiger partial charge in [0.15, 0.2) is 0 Å². The Morgan fingerprint density at radius 2 is 1.79 bits per heavy atom. The van der Waals surface area contributed by atoms with Crippen molar-refractivity contribution in [3.8, 4) is 0 Å². The summed E-state index contributed by atoms with van der Waals surface area (Å²) in [5.41, 5.74) is 2.26. The summed E-state index contributed by atoms with van der Waals surface area (Å²) >= 11 is 0. The lowest BCUT2D eigenvalue weighted by Crippen LogP contribution is -2.53. The minimum Gasteiger partial charge on any atom is -0.462 e. The molecule has 24 heavy (non-hydrogen) atoms. The summed E-state index contributed by atoms with van der Waals surface area (Å²) in [6.45, 7) is 10.9. The minimum absolute atomic E-state index is 0.0922. The van der Waals surface area contributed by atoms with Gasteiger partial charge in [0.1, 0.15) is 6.10 Å². The van der Waals surface area contributed by atoms with Crippen molar-refractivity contribution in [1.82, 2.24) is 0 Å². The van der Waals surface area contributed by atoms with E-state index in [1.54, 1.807) is 6.92 Å². The highest BCUT2D eigenvalue weighted by Crippen LogP contribution is 2.66. The molecule has 0 amide bonds. The van der Waals surface area contributed by atoms with E-state index in [1.165, 1.54) is 56.9 Å². The molecule has 0 unspecified atom stereocenters. The van der Waals surface area contributed by atoms with Gasteiger partial charge >= 0.3 is 5.97 Å². The van der Waals surface area contributed by atoms with Gasteiger partial charge in [0.25, 0.3) is 0 Å². The van der Waals surface area contributed by atoms with Gasteiger partial charge < -0.3 is 4.74 Å². The van der Waals surface area contributed by atoms with E-state index >= 15 is 0 Å². The third-order valence-electron chi connectivity index (χ3n) is 8.84. The molecule has 4 rings (SSSR count). The molecule has 0 aromatic rings. The molecular formula is C22H34O2. The molecule has 0 radical (unpaired) electrons. The van der Waals surface area contributed by atoms with E-state index in [4.69, 9.17) is 4.74 Å². The third-order valence-corrected chi connectivity index (χ3v) is 8.84. The zero-order valence-electron chi connectivity index (χ0n) is 15.8. The SMILES string of the molecule is C=C1CC[C@@]2(C)[C@@H](CC[C@@H]3[C@H]2CC[C@]2(C)[C@@H](OC(C)=O)CC[C@H]32)C1. The summed E-state index contributed by atoms with van der Waals surface area (Å²) in [6, 6.07) is 0. The van der Waals surface area contributed by atoms with Crippen LogP contribution < -0.4 is 0 Å². The van der Waals surface area contributed by atoms with Crippen molar-refractivity contribution >= 4 is 5.97 Å². The number of esters is 1. The Kier molecular flexibility index (Phi) is 3.89. The summed E-state index contributed by atoms with van der Waals surface area (Å²) in [5.74, 6) is 3.29. The normalized spacial score (nSPS) is 50.6. The summed E-state index contributed by atoms with van der Waals surface area (Å²) in [5, 5.41) is 0. The van der Waals surface area contributed by atoms with Crippen LogP contribution in [0.2, 0.25) is 0 Å². The predicted molar refractivity (Wildman–Crippen MR) is 96.4 cm³/mol. The van der Waals surface area contributed by atoms with E-state index in [0.29, 0.717) is 5.41 Å². The standard InChI is InChI=1S/C22H34O2/c1-14-9-11-21(3)16(13-14)5-6-17-18-7-8-20(24-15(2)23)22(18,4)12-10-19(17)21/h16-20H,1,5-13H2,2-4H3/t16-,17-,18+,19+,20-,21-,22-/m0/s1. The number of ether oxygens (including phenoxy) is 1. The summed E-state index contributed by atoms with van der Waals surface area (Å²) in [4.78, 5) is 11.5. The average Bonchev–Trinajstić information content (AvgIpc) is 2.84. The first-order chi connectivity index (χ1) is 11.3. The van der Waals surface area contributed by atoms with Gasteiger partial charge in [-0.2, -0.15) is 0 Å². The van der Waals surface area contributed by atoms with Crippen LogP contribution in [-0.2, 0) is 9.53 Å². The highest BCUT2D eigenvalue weighted by Gasteiger charge is 2.60. The number of fused-ring (bicyclic) bond motifs is 5. The van der Waals surface area contributed by atoms with Crippen LogP contribution in [-0.4, -0.2) is 12.1 Å². The zero-order valence-corrected chi connectivity index (χ0v) is 15.8. The van der Waals surface area contributed by atoms with Crippen LogP contribution in [0.1, 0.15) is 78.6 Å². The average molecular weight is 331 g/mol. The Labute approximate surface area is 147 Å². The maximum atomic E-state index is 11.5. The number of hydrogen-bond donors (Lipinski definition) is 0. The predicted octanol–water partition coefficient (Wildman–Crippen LogP) is 5.52. The van der Waals surface area contributed by atoms with E-state index in [2.05, 4.69) is 20.4 Å². The van der Waals surface area contributed by atoms with Gasteiger partial charge in [0.2, 0.25) is 0 Å². The number of hydrogen-bond acceptors (Lipinski definition) is 2. The summed E-state index contributed by atoms with van der Waals surface area (Å²) in [7, 11) is 0. The number of allylic oxidation sites excluding steroid dienone is 1. The molecule has 0 N–H and O–H groups in total. The van der Waals surface area contributed by atoms with E-state index in [9.17, 15) is 4.79 Å². The molecular weight excluding hydrogens is 296 g/mol. The van der Waals surface area contributed by atoms with Gasteiger partial charge in [0, 0.05) is 12.3 Å². The molecule has 4 fully saturated rings. The topological polar surface area (TPSA) is 26.3 Å². The molecule has 4 saturated carbocycles. The zero-order chi connectivity index (χ0) is 17.1. The molecule has 0 aliphatic heterocycles. The molecule has 2 nitrogen and oxygen atoms in total. The van der Waals surface area contributed by atoms with Crippen molar-refractivity contribution in [2.75, 3.05) is 0 Å². The lowest BCUT2D eigenvalue weighted by atomic mass is 9.45. The third kappa shape index (κ3) is 2.31. The van der Waals surface area contributed by atoms with Crippen molar-refractivity contribution in [2.24, 2.45) is 34.5 Å². The van der Waals surface area contributed by atoms with Crippen LogP contribution in [0.5, 0.6) is 0 Å². The highest BCUT2D eigenvalue weighted by molar-refractivity contribution is 5.66. The monoisotopic (exact) mass is 330 g/mol. The molecule has 4 aliphatic rings. The molecule has 0 heterocycles. The lowest BCUT2D eigenvalue weighted by molar-refractivity contribution is -0.160. The molecule has 0 saturated heterocycles. The molecule has 0 bridgehead atoms. The van der Waals surface area contributed by atoms with E-state index in [0.717, 1.165) is 30.1 Å². The maximum absolute atomic E-state index is 11.5. The van der Waals surface area contributed by atoms with Gasteiger partial charge in [0.05, 0.1) is 0 Å². The van der Waals surface area contributed by atoms with Crippen LogP contribution in [0.3, 0.4) is 0 Å². The van der Waals surface area contributed by atoms with Crippen LogP contribution in [0.15, 0.2) is 12.2 Å². The molecule has 0 aromatic carbocycles. The smallest absolute Gasteiger partial charge is 0.302 e. The van der Waals surface area contributed by atoms with Crippen molar-refractivity contribution in [2.45, 2.75) is 84.7 Å². The number of rotatable bonds is 1.